The lowest BCUT2D eigenvalue weighted by Gasteiger charge is -2.18. The van der Waals surface area contributed by atoms with Crippen molar-refractivity contribution in [1.29, 1.82) is 0 Å². The van der Waals surface area contributed by atoms with Crippen molar-refractivity contribution in [2.45, 2.75) is 66.3 Å². The van der Waals surface area contributed by atoms with Crippen molar-refractivity contribution < 1.29 is 9.59 Å². The maximum atomic E-state index is 12.9. The Labute approximate surface area is 165 Å². The summed E-state index contributed by atoms with van der Waals surface area (Å²) in [6, 6.07) is -0.551. The smallest absolute Gasteiger partial charge is 0.262 e. The first kappa shape index (κ1) is 21.3. The molecule has 2 aromatic rings. The molecule has 2 N–H and O–H groups in total. The van der Waals surface area contributed by atoms with Crippen LogP contribution in [0, 0.1) is 19.8 Å². The molecule has 0 spiro atoms. The van der Waals surface area contributed by atoms with Crippen LogP contribution < -0.4 is 10.6 Å². The van der Waals surface area contributed by atoms with Crippen molar-refractivity contribution in [3.05, 3.63) is 22.0 Å². The Morgan fingerprint density at radius 1 is 1.15 bits per heavy atom. The number of nitrogens with zero attached hydrogens (tertiary/aromatic N) is 2. The van der Waals surface area contributed by atoms with Gasteiger partial charge in [-0.15, -0.1) is 11.3 Å². The monoisotopic (exact) mass is 390 g/mol. The van der Waals surface area contributed by atoms with Gasteiger partial charge >= 0.3 is 0 Å². The molecule has 0 aliphatic carbocycles. The first-order chi connectivity index (χ1) is 12.5. The molecule has 1 unspecified atom stereocenters. The Hall–Kier alpha value is -2.02. The highest BCUT2D eigenvalue weighted by molar-refractivity contribution is 7.20. The van der Waals surface area contributed by atoms with Crippen LogP contribution in [0.25, 0.3) is 10.2 Å². The highest BCUT2D eigenvalue weighted by Crippen LogP contribution is 2.33. The Bertz CT molecular complexity index is 865. The quantitative estimate of drug-likeness (QED) is 0.818. The molecule has 1 atom stereocenters. The topological polar surface area (TPSA) is 84.0 Å². The number of fused-ring (bicyclic) bond motifs is 1. The number of carbonyl (C=O) groups is 2. The summed E-state index contributed by atoms with van der Waals surface area (Å²) in [6.45, 7) is 14.1. The number of nitrogens with one attached hydrogen (secondary N) is 2. The highest BCUT2D eigenvalue weighted by Gasteiger charge is 2.26. The van der Waals surface area contributed by atoms with Crippen molar-refractivity contribution in [3.8, 4) is 0 Å². The third-order valence-corrected chi connectivity index (χ3v) is 5.61. The molecule has 2 amide bonds. The van der Waals surface area contributed by atoms with Crippen LogP contribution in [-0.2, 0) is 10.2 Å². The van der Waals surface area contributed by atoms with Crippen LogP contribution in [-0.4, -0.2) is 34.9 Å². The van der Waals surface area contributed by atoms with E-state index < -0.39 is 6.04 Å². The fourth-order valence-corrected chi connectivity index (χ4v) is 4.13. The predicted molar refractivity (Wildman–Crippen MR) is 110 cm³/mol. The van der Waals surface area contributed by atoms with Crippen LogP contribution >= 0.6 is 11.3 Å². The highest BCUT2D eigenvalue weighted by atomic mass is 32.1. The summed E-state index contributed by atoms with van der Waals surface area (Å²) in [6.07, 6.45) is 0.586. The number of aromatic nitrogens is 2. The molecule has 0 bridgehead atoms. The van der Waals surface area contributed by atoms with Gasteiger partial charge in [0.25, 0.3) is 5.91 Å². The molecular weight excluding hydrogens is 360 g/mol. The molecule has 0 aliphatic heterocycles. The van der Waals surface area contributed by atoms with E-state index in [9.17, 15) is 9.59 Å². The molecule has 0 fully saturated rings. The molecule has 2 heterocycles. The zero-order valence-corrected chi connectivity index (χ0v) is 18.3. The minimum Gasteiger partial charge on any atom is -0.357 e. The van der Waals surface area contributed by atoms with Gasteiger partial charge in [-0.05, 0) is 31.7 Å². The number of hydrogen-bond donors (Lipinski definition) is 2. The van der Waals surface area contributed by atoms with E-state index in [0.717, 1.165) is 27.3 Å². The summed E-state index contributed by atoms with van der Waals surface area (Å²) >= 11 is 1.36. The van der Waals surface area contributed by atoms with Crippen molar-refractivity contribution in [3.63, 3.8) is 0 Å². The van der Waals surface area contributed by atoms with Gasteiger partial charge in [0.2, 0.25) is 5.91 Å². The number of thiophene rings is 1. The summed E-state index contributed by atoms with van der Waals surface area (Å²) in [4.78, 5) is 35.8. The van der Waals surface area contributed by atoms with Crippen molar-refractivity contribution in [2.75, 3.05) is 7.05 Å². The first-order valence-electron chi connectivity index (χ1n) is 9.26. The summed E-state index contributed by atoms with van der Waals surface area (Å²) in [5.41, 5.74) is 1.58. The van der Waals surface area contributed by atoms with E-state index in [1.54, 1.807) is 7.05 Å². The predicted octanol–water partition coefficient (Wildman–Crippen LogP) is 3.50. The van der Waals surface area contributed by atoms with E-state index in [1.807, 2.05) is 27.7 Å². The summed E-state index contributed by atoms with van der Waals surface area (Å²) < 4.78 is 0. The zero-order valence-electron chi connectivity index (χ0n) is 17.5. The van der Waals surface area contributed by atoms with Crippen LogP contribution in [0.5, 0.6) is 0 Å². The second-order valence-electron chi connectivity index (χ2n) is 8.39. The first-order valence-corrected chi connectivity index (χ1v) is 10.1. The van der Waals surface area contributed by atoms with Crippen LogP contribution in [0.2, 0.25) is 0 Å². The number of aryl methyl sites for hydroxylation is 2. The molecule has 148 valence electrons. The Morgan fingerprint density at radius 3 is 2.30 bits per heavy atom. The molecule has 0 saturated carbocycles. The second-order valence-corrected chi connectivity index (χ2v) is 9.39. The van der Waals surface area contributed by atoms with Crippen molar-refractivity contribution in [1.82, 2.24) is 20.6 Å². The van der Waals surface area contributed by atoms with E-state index in [0.29, 0.717) is 17.2 Å². The van der Waals surface area contributed by atoms with Gasteiger partial charge in [-0.1, -0.05) is 34.6 Å². The van der Waals surface area contributed by atoms with E-state index in [4.69, 9.17) is 4.98 Å². The number of hydrogen-bond acceptors (Lipinski definition) is 5. The maximum Gasteiger partial charge on any atom is 0.262 e. The normalized spacial score (nSPS) is 13.1. The Morgan fingerprint density at radius 2 is 1.78 bits per heavy atom. The lowest BCUT2D eigenvalue weighted by atomic mass is 9.95. The van der Waals surface area contributed by atoms with Crippen LogP contribution in [0.1, 0.15) is 67.8 Å². The number of amides is 2. The van der Waals surface area contributed by atoms with Gasteiger partial charge in [-0.2, -0.15) is 0 Å². The van der Waals surface area contributed by atoms with Gasteiger partial charge in [-0.3, -0.25) is 9.59 Å². The van der Waals surface area contributed by atoms with E-state index in [1.165, 1.54) is 11.3 Å². The van der Waals surface area contributed by atoms with Crippen LogP contribution in [0.4, 0.5) is 0 Å². The molecule has 27 heavy (non-hydrogen) atoms. The zero-order chi connectivity index (χ0) is 20.5. The second kappa shape index (κ2) is 7.92. The molecule has 0 aromatic carbocycles. The van der Waals surface area contributed by atoms with Crippen molar-refractivity contribution >= 4 is 33.4 Å². The molecule has 2 rings (SSSR count). The molecule has 0 radical (unpaired) electrons. The molecule has 7 heteroatoms. The van der Waals surface area contributed by atoms with Crippen LogP contribution in [0.15, 0.2) is 0 Å². The molecule has 2 aromatic heterocycles. The number of carbonyl (C=O) groups excluding carboxylic acids is 2. The lowest BCUT2D eigenvalue weighted by molar-refractivity contribution is -0.122. The average Bonchev–Trinajstić information content (AvgIpc) is 2.89. The average molecular weight is 391 g/mol. The maximum absolute atomic E-state index is 12.9. The minimum atomic E-state index is -0.551. The fraction of sp³-hybridized carbons (Fsp3) is 0.600. The lowest BCUT2D eigenvalue weighted by Crippen LogP contribution is -2.46. The van der Waals surface area contributed by atoms with Gasteiger partial charge in [0.1, 0.15) is 16.7 Å². The van der Waals surface area contributed by atoms with Gasteiger partial charge in [0.15, 0.2) is 0 Å². The molecule has 6 nitrogen and oxygen atoms in total. The molecule has 0 aliphatic rings. The Balaban J connectivity index is 2.42. The Kier molecular flexibility index (Phi) is 6.24. The largest absolute Gasteiger partial charge is 0.357 e. The van der Waals surface area contributed by atoms with Gasteiger partial charge in [0, 0.05) is 17.8 Å². The third kappa shape index (κ3) is 4.64. The van der Waals surface area contributed by atoms with Gasteiger partial charge < -0.3 is 10.6 Å². The van der Waals surface area contributed by atoms with Gasteiger partial charge in [0.05, 0.1) is 10.6 Å². The molecular formula is C20H30N4O2S. The fourth-order valence-electron chi connectivity index (χ4n) is 2.99. The number of likely N-dealkylation sites (N-methyl/N-ethyl adjacent to an activating group) is 1. The number of rotatable bonds is 5. The minimum absolute atomic E-state index is 0.166. The van der Waals surface area contributed by atoms with E-state index >= 15 is 0 Å². The standard InChI is InChI=1S/C20H30N4O2S/c1-10(2)9-13(16(25)21-8)23-17(26)15-11(3)14-12(4)22-19(20(5,6)7)24-18(14)27-15/h10,13H,9H2,1-8H3,(H,21,25)(H,23,26). The van der Waals surface area contributed by atoms with Crippen molar-refractivity contribution in [2.24, 2.45) is 5.92 Å². The van der Waals surface area contributed by atoms with E-state index in [-0.39, 0.29) is 17.2 Å². The van der Waals surface area contributed by atoms with Crippen LogP contribution in [0.3, 0.4) is 0 Å². The summed E-state index contributed by atoms with van der Waals surface area (Å²) in [7, 11) is 1.58. The van der Waals surface area contributed by atoms with Gasteiger partial charge in [-0.25, -0.2) is 9.97 Å². The third-order valence-electron chi connectivity index (χ3n) is 4.42. The van der Waals surface area contributed by atoms with E-state index in [2.05, 4.69) is 36.4 Å². The molecule has 0 saturated heterocycles. The summed E-state index contributed by atoms with van der Waals surface area (Å²) in [5, 5.41) is 6.45. The SMILES string of the molecule is CNC(=O)C(CC(C)C)NC(=O)c1sc2nc(C(C)(C)C)nc(C)c2c1C. The summed E-state index contributed by atoms with van der Waals surface area (Å²) in [5.74, 6) is 0.644.